The number of esters is 1. The fourth-order valence-electron chi connectivity index (χ4n) is 3.23. The first-order valence-corrected chi connectivity index (χ1v) is 8.46. The number of hydrogen-bond acceptors (Lipinski definition) is 5. The first kappa shape index (κ1) is 17.1. The Kier molecular flexibility index (Phi) is 5.04. The van der Waals surface area contributed by atoms with Crippen molar-refractivity contribution in [3.05, 3.63) is 48.0 Å². The van der Waals surface area contributed by atoms with Gasteiger partial charge in [-0.3, -0.25) is 4.90 Å². The van der Waals surface area contributed by atoms with Crippen LogP contribution < -0.4 is 0 Å². The summed E-state index contributed by atoms with van der Waals surface area (Å²) in [6.07, 6.45) is 3.45. The molecule has 0 aliphatic carbocycles. The van der Waals surface area contributed by atoms with Gasteiger partial charge in [0, 0.05) is 18.7 Å². The molecule has 2 fully saturated rings. The number of ether oxygens (including phenoxy) is 3. The minimum Gasteiger partial charge on any atom is -0.463 e. The second-order valence-corrected chi connectivity index (χ2v) is 6.62. The molecule has 5 nitrogen and oxygen atoms in total. The van der Waals surface area contributed by atoms with E-state index < -0.39 is 5.79 Å². The van der Waals surface area contributed by atoms with E-state index in [-0.39, 0.29) is 24.2 Å². The van der Waals surface area contributed by atoms with Crippen LogP contribution in [0.4, 0.5) is 0 Å². The van der Waals surface area contributed by atoms with Crippen LogP contribution in [-0.4, -0.2) is 48.1 Å². The number of hydrogen-bond donors (Lipinski definition) is 0. The maximum absolute atomic E-state index is 11.6. The van der Waals surface area contributed by atoms with E-state index in [0.717, 1.165) is 6.54 Å². The first-order chi connectivity index (χ1) is 11.5. The van der Waals surface area contributed by atoms with Gasteiger partial charge in [0.15, 0.2) is 5.79 Å². The summed E-state index contributed by atoms with van der Waals surface area (Å²) < 4.78 is 16.7. The van der Waals surface area contributed by atoms with Crippen LogP contribution in [-0.2, 0) is 25.5 Å². The monoisotopic (exact) mass is 331 g/mol. The summed E-state index contributed by atoms with van der Waals surface area (Å²) in [5.41, 5.74) is 1.24. The van der Waals surface area contributed by atoms with E-state index in [1.165, 1.54) is 11.6 Å². The lowest BCUT2D eigenvalue weighted by molar-refractivity contribution is -0.139. The van der Waals surface area contributed by atoms with Gasteiger partial charge < -0.3 is 14.2 Å². The van der Waals surface area contributed by atoms with Gasteiger partial charge in [0.25, 0.3) is 0 Å². The third kappa shape index (κ3) is 4.04. The molecule has 0 spiro atoms. The highest BCUT2D eigenvalue weighted by Gasteiger charge is 2.54. The quantitative estimate of drug-likeness (QED) is 0.455. The zero-order valence-electron chi connectivity index (χ0n) is 14.5. The van der Waals surface area contributed by atoms with Crippen LogP contribution in [0.1, 0.15) is 26.3 Å². The minimum atomic E-state index is -0.541. The third-order valence-electron chi connectivity index (χ3n) is 4.36. The minimum absolute atomic E-state index is 0.0144. The van der Waals surface area contributed by atoms with Crippen molar-refractivity contribution >= 4 is 5.97 Å². The van der Waals surface area contributed by atoms with Gasteiger partial charge in [-0.25, -0.2) is 4.79 Å². The van der Waals surface area contributed by atoms with E-state index in [0.29, 0.717) is 13.2 Å². The van der Waals surface area contributed by atoms with E-state index >= 15 is 0 Å². The molecule has 2 heterocycles. The summed E-state index contributed by atoms with van der Waals surface area (Å²) >= 11 is 0. The summed E-state index contributed by atoms with van der Waals surface area (Å²) in [6, 6.07) is 10.7. The topological polar surface area (TPSA) is 47.8 Å². The SMILES string of the molecule is CCOC(=O)/C=C/C1C([C@H]2COC(C)(C)O2)N1Cc1ccccc1. The van der Waals surface area contributed by atoms with Gasteiger partial charge in [-0.1, -0.05) is 36.4 Å². The van der Waals surface area contributed by atoms with Gasteiger partial charge in [0.2, 0.25) is 0 Å². The maximum Gasteiger partial charge on any atom is 0.330 e. The van der Waals surface area contributed by atoms with Crippen molar-refractivity contribution in [1.29, 1.82) is 0 Å². The van der Waals surface area contributed by atoms with E-state index in [2.05, 4.69) is 17.0 Å². The highest BCUT2D eigenvalue weighted by molar-refractivity contribution is 5.82. The molecule has 0 amide bonds. The van der Waals surface area contributed by atoms with Crippen LogP contribution in [0.15, 0.2) is 42.5 Å². The van der Waals surface area contributed by atoms with Gasteiger partial charge in [-0.2, -0.15) is 0 Å². The molecule has 2 saturated heterocycles. The molecular weight excluding hydrogens is 306 g/mol. The molecule has 5 heteroatoms. The van der Waals surface area contributed by atoms with Crippen molar-refractivity contribution in [1.82, 2.24) is 4.90 Å². The smallest absolute Gasteiger partial charge is 0.330 e. The Bertz CT molecular complexity index is 599. The molecule has 0 saturated carbocycles. The van der Waals surface area contributed by atoms with E-state index in [1.807, 2.05) is 38.1 Å². The molecule has 3 rings (SSSR count). The molecule has 1 aromatic carbocycles. The van der Waals surface area contributed by atoms with Crippen LogP contribution in [0.25, 0.3) is 0 Å². The van der Waals surface area contributed by atoms with Gasteiger partial charge in [0.1, 0.15) is 6.10 Å². The summed E-state index contributed by atoms with van der Waals surface area (Å²) in [5, 5.41) is 0. The molecule has 2 aliphatic heterocycles. The highest BCUT2D eigenvalue weighted by Crippen LogP contribution is 2.39. The summed E-state index contributed by atoms with van der Waals surface area (Å²) in [6.45, 7) is 7.45. The number of benzene rings is 1. The molecule has 3 unspecified atom stereocenters. The van der Waals surface area contributed by atoms with Crippen LogP contribution in [0, 0.1) is 0 Å². The third-order valence-corrected chi connectivity index (χ3v) is 4.36. The van der Waals surface area contributed by atoms with Crippen molar-refractivity contribution in [2.75, 3.05) is 13.2 Å². The average Bonchev–Trinajstić information content (AvgIpc) is 3.10. The summed E-state index contributed by atoms with van der Waals surface area (Å²) in [4.78, 5) is 13.9. The number of carbonyl (C=O) groups excluding carboxylic acids is 1. The molecule has 4 atom stereocenters. The lowest BCUT2D eigenvalue weighted by Gasteiger charge is -2.17. The van der Waals surface area contributed by atoms with E-state index in [9.17, 15) is 4.79 Å². The Balaban J connectivity index is 1.68. The number of rotatable bonds is 6. The fraction of sp³-hybridized carbons (Fsp3) is 0.526. The molecule has 0 bridgehead atoms. The fourth-order valence-corrected chi connectivity index (χ4v) is 3.23. The largest absolute Gasteiger partial charge is 0.463 e. The molecule has 24 heavy (non-hydrogen) atoms. The van der Waals surface area contributed by atoms with Gasteiger partial charge >= 0.3 is 5.97 Å². The van der Waals surface area contributed by atoms with Crippen molar-refractivity contribution in [2.24, 2.45) is 0 Å². The van der Waals surface area contributed by atoms with E-state index in [4.69, 9.17) is 14.2 Å². The highest BCUT2D eigenvalue weighted by atomic mass is 16.7. The molecule has 0 aromatic heterocycles. The zero-order valence-corrected chi connectivity index (χ0v) is 14.5. The second kappa shape index (κ2) is 7.05. The predicted molar refractivity (Wildman–Crippen MR) is 90.2 cm³/mol. The van der Waals surface area contributed by atoms with Crippen molar-refractivity contribution in [3.63, 3.8) is 0 Å². The van der Waals surface area contributed by atoms with Crippen molar-refractivity contribution < 1.29 is 19.0 Å². The lowest BCUT2D eigenvalue weighted by Crippen LogP contribution is -2.26. The predicted octanol–water partition coefficient (Wildman–Crippen LogP) is 2.51. The average molecular weight is 331 g/mol. The molecular formula is C19H25NO4. The first-order valence-electron chi connectivity index (χ1n) is 8.46. The molecule has 0 radical (unpaired) electrons. The van der Waals surface area contributed by atoms with Crippen LogP contribution >= 0.6 is 0 Å². The zero-order chi connectivity index (χ0) is 17.2. The van der Waals surface area contributed by atoms with Crippen LogP contribution in [0.5, 0.6) is 0 Å². The molecule has 130 valence electrons. The number of nitrogens with zero attached hydrogens (tertiary/aromatic N) is 1. The summed E-state index contributed by atoms with van der Waals surface area (Å²) in [5.74, 6) is -0.840. The molecule has 1 aromatic rings. The summed E-state index contributed by atoms with van der Waals surface area (Å²) in [7, 11) is 0. The van der Waals surface area contributed by atoms with Gasteiger partial charge in [0.05, 0.1) is 19.3 Å². The Morgan fingerprint density at radius 1 is 1.38 bits per heavy atom. The Morgan fingerprint density at radius 2 is 2.12 bits per heavy atom. The Labute approximate surface area is 143 Å². The second-order valence-electron chi connectivity index (χ2n) is 6.62. The van der Waals surface area contributed by atoms with Gasteiger partial charge in [-0.05, 0) is 26.3 Å². The van der Waals surface area contributed by atoms with Crippen molar-refractivity contribution in [3.8, 4) is 0 Å². The molecule has 0 N–H and O–H groups in total. The van der Waals surface area contributed by atoms with Crippen LogP contribution in [0.2, 0.25) is 0 Å². The van der Waals surface area contributed by atoms with Gasteiger partial charge in [-0.15, -0.1) is 0 Å². The maximum atomic E-state index is 11.6. The normalized spacial score (nSPS) is 31.3. The standard InChI is InChI=1S/C19H25NO4/c1-4-22-17(21)11-10-15-18(16-13-23-19(2,3)24-16)20(15)12-14-8-6-5-7-9-14/h5-11,15-16,18H,4,12-13H2,1-3H3/b11-10+/t15?,16-,18?,20?/m1/s1. The van der Waals surface area contributed by atoms with Crippen molar-refractivity contribution in [2.45, 2.75) is 51.3 Å². The molecule has 2 aliphatic rings. The Hall–Kier alpha value is -1.69. The number of carbonyl (C=O) groups is 1. The lowest BCUT2D eigenvalue weighted by atomic mass is 10.2. The van der Waals surface area contributed by atoms with E-state index in [1.54, 1.807) is 6.92 Å². The Morgan fingerprint density at radius 3 is 2.75 bits per heavy atom. The van der Waals surface area contributed by atoms with Crippen LogP contribution in [0.3, 0.4) is 0 Å².